The molecule has 0 radical (unpaired) electrons. The third-order valence-electron chi connectivity index (χ3n) is 2.23. The van der Waals surface area contributed by atoms with Crippen LogP contribution in [0.3, 0.4) is 0 Å². The Labute approximate surface area is 101 Å². The van der Waals surface area contributed by atoms with Crippen LogP contribution in [0.25, 0.3) is 0 Å². The Morgan fingerprint density at radius 2 is 2.41 bits per heavy atom. The van der Waals surface area contributed by atoms with Crippen molar-refractivity contribution in [3.05, 3.63) is 24.3 Å². The van der Waals surface area contributed by atoms with Gasteiger partial charge in [0.15, 0.2) is 0 Å². The van der Waals surface area contributed by atoms with E-state index in [0.717, 1.165) is 12.2 Å². The molecule has 0 amide bonds. The summed E-state index contributed by atoms with van der Waals surface area (Å²) < 4.78 is 6.68. The number of carbonyl (C=O) groups excluding carboxylic acids is 1. The quantitative estimate of drug-likeness (QED) is 0.413. The van der Waals surface area contributed by atoms with Crippen LogP contribution in [0.4, 0.5) is 0 Å². The summed E-state index contributed by atoms with van der Waals surface area (Å²) in [5.41, 5.74) is 0.435. The van der Waals surface area contributed by atoms with Crippen molar-refractivity contribution in [3.8, 4) is 0 Å². The Hall–Kier alpha value is -1.69. The number of aryl methyl sites for hydroxylation is 1. The molecule has 94 valence electrons. The highest BCUT2D eigenvalue weighted by Gasteiger charge is 2.07. The van der Waals surface area contributed by atoms with E-state index in [2.05, 4.69) is 22.1 Å². The van der Waals surface area contributed by atoms with Gasteiger partial charge in [-0.2, -0.15) is 0 Å². The van der Waals surface area contributed by atoms with Crippen LogP contribution in [0.1, 0.15) is 12.7 Å². The summed E-state index contributed by atoms with van der Waals surface area (Å²) in [6.45, 7) is 6.94. The lowest BCUT2D eigenvalue weighted by molar-refractivity contribution is -0.138. The number of ether oxygens (including phenoxy) is 1. The first kappa shape index (κ1) is 13.4. The van der Waals surface area contributed by atoms with Gasteiger partial charge in [-0.05, 0) is 6.92 Å². The minimum Gasteiger partial charge on any atom is -0.463 e. The summed E-state index contributed by atoms with van der Waals surface area (Å²) in [5.74, 6) is 0.554. The fourth-order valence-electron chi connectivity index (χ4n) is 1.28. The van der Waals surface area contributed by atoms with Gasteiger partial charge in [-0.3, -0.25) is 0 Å². The zero-order chi connectivity index (χ0) is 12.7. The lowest BCUT2D eigenvalue weighted by atomic mass is 10.3. The summed E-state index contributed by atoms with van der Waals surface area (Å²) in [5, 5.41) is 10.8. The number of hydrogen-bond donors (Lipinski definition) is 1. The van der Waals surface area contributed by atoms with Gasteiger partial charge in [0.1, 0.15) is 12.2 Å². The molecule has 0 aromatic carbocycles. The van der Waals surface area contributed by atoms with Crippen LogP contribution in [-0.4, -0.2) is 40.4 Å². The van der Waals surface area contributed by atoms with Crippen molar-refractivity contribution in [3.63, 3.8) is 0 Å². The topological polar surface area (TPSA) is 69.0 Å². The third kappa shape index (κ3) is 4.36. The van der Waals surface area contributed by atoms with Gasteiger partial charge in [0.2, 0.25) is 0 Å². The van der Waals surface area contributed by atoms with Crippen molar-refractivity contribution in [1.29, 1.82) is 0 Å². The molecule has 0 bridgehead atoms. The molecule has 0 fully saturated rings. The molecule has 17 heavy (non-hydrogen) atoms. The summed E-state index contributed by atoms with van der Waals surface area (Å²) in [7, 11) is 1.90. The van der Waals surface area contributed by atoms with Gasteiger partial charge in [-0.15, -0.1) is 10.2 Å². The van der Waals surface area contributed by atoms with Crippen molar-refractivity contribution < 1.29 is 9.53 Å². The van der Waals surface area contributed by atoms with Crippen molar-refractivity contribution in [2.24, 2.45) is 7.05 Å². The van der Waals surface area contributed by atoms with Crippen molar-refractivity contribution in [2.75, 3.05) is 19.7 Å². The Bertz CT molecular complexity index is 387. The molecule has 0 atom stereocenters. The maximum Gasteiger partial charge on any atom is 0.334 e. The number of rotatable bonds is 7. The first-order chi connectivity index (χ1) is 8.15. The number of nitrogens with one attached hydrogen (secondary N) is 1. The van der Waals surface area contributed by atoms with Crippen LogP contribution >= 0.6 is 0 Å². The molecule has 6 nitrogen and oxygen atoms in total. The van der Waals surface area contributed by atoms with Crippen LogP contribution in [0.2, 0.25) is 0 Å². The van der Waals surface area contributed by atoms with E-state index in [0.29, 0.717) is 25.3 Å². The normalized spacial score (nSPS) is 10.2. The number of hydrogen-bond acceptors (Lipinski definition) is 5. The largest absolute Gasteiger partial charge is 0.463 e. The van der Waals surface area contributed by atoms with Crippen molar-refractivity contribution >= 4 is 5.97 Å². The molecular weight excluding hydrogens is 220 g/mol. The second-order valence-electron chi connectivity index (χ2n) is 3.61. The average molecular weight is 238 g/mol. The zero-order valence-electron chi connectivity index (χ0n) is 10.3. The predicted octanol–water partition coefficient (Wildman–Crippen LogP) is 0.0665. The van der Waals surface area contributed by atoms with Gasteiger partial charge in [-0.25, -0.2) is 4.79 Å². The van der Waals surface area contributed by atoms with Gasteiger partial charge in [0.05, 0.1) is 6.61 Å². The van der Waals surface area contributed by atoms with Crippen molar-refractivity contribution in [2.45, 2.75) is 13.3 Å². The van der Waals surface area contributed by atoms with E-state index in [9.17, 15) is 4.79 Å². The fourth-order valence-corrected chi connectivity index (χ4v) is 1.28. The number of aromatic nitrogens is 3. The minimum absolute atomic E-state index is 0.348. The number of carbonyl (C=O) groups is 1. The molecule has 1 rings (SSSR count). The molecule has 0 aliphatic rings. The highest BCUT2D eigenvalue weighted by Crippen LogP contribution is 1.94. The summed E-state index contributed by atoms with van der Waals surface area (Å²) in [6.07, 6.45) is 2.42. The van der Waals surface area contributed by atoms with Crippen molar-refractivity contribution in [1.82, 2.24) is 20.1 Å². The first-order valence-electron chi connectivity index (χ1n) is 5.53. The van der Waals surface area contributed by atoms with Crippen LogP contribution in [-0.2, 0) is 23.0 Å². The predicted molar refractivity (Wildman–Crippen MR) is 63.3 cm³/mol. The smallest absolute Gasteiger partial charge is 0.334 e. The maximum absolute atomic E-state index is 11.2. The minimum atomic E-state index is -0.348. The van der Waals surface area contributed by atoms with Crippen LogP contribution in [0.5, 0.6) is 0 Å². The molecule has 0 spiro atoms. The van der Waals surface area contributed by atoms with E-state index in [4.69, 9.17) is 4.74 Å². The molecule has 0 aliphatic carbocycles. The van der Waals surface area contributed by atoms with E-state index in [1.807, 2.05) is 11.6 Å². The Kier molecular flexibility index (Phi) is 5.35. The average Bonchev–Trinajstić information content (AvgIpc) is 2.70. The Morgan fingerprint density at radius 3 is 3.00 bits per heavy atom. The van der Waals surface area contributed by atoms with Crippen LogP contribution < -0.4 is 5.32 Å². The highest BCUT2D eigenvalue weighted by atomic mass is 16.5. The summed E-state index contributed by atoms with van der Waals surface area (Å²) >= 11 is 0. The zero-order valence-corrected chi connectivity index (χ0v) is 10.3. The van der Waals surface area contributed by atoms with Crippen LogP contribution in [0, 0.1) is 0 Å². The SMILES string of the molecule is C=C(CNCCc1nncn1C)C(=O)OCC. The fraction of sp³-hybridized carbons (Fsp3) is 0.545. The summed E-state index contributed by atoms with van der Waals surface area (Å²) in [6, 6.07) is 0. The Balaban J connectivity index is 2.18. The van der Waals surface area contributed by atoms with E-state index < -0.39 is 0 Å². The standard InChI is InChI=1S/C11H18N4O2/c1-4-17-11(16)9(2)7-12-6-5-10-14-13-8-15(10)3/h8,12H,2,4-7H2,1,3H3. The third-order valence-corrected chi connectivity index (χ3v) is 2.23. The molecule has 0 aliphatic heterocycles. The first-order valence-corrected chi connectivity index (χ1v) is 5.53. The molecule has 1 N–H and O–H groups in total. The van der Waals surface area contributed by atoms with Crippen LogP contribution in [0.15, 0.2) is 18.5 Å². The lowest BCUT2D eigenvalue weighted by Crippen LogP contribution is -2.24. The van der Waals surface area contributed by atoms with Gasteiger partial charge in [-0.1, -0.05) is 6.58 Å². The van der Waals surface area contributed by atoms with Gasteiger partial charge < -0.3 is 14.6 Å². The monoisotopic (exact) mass is 238 g/mol. The van der Waals surface area contributed by atoms with E-state index >= 15 is 0 Å². The van der Waals surface area contributed by atoms with E-state index in [-0.39, 0.29) is 5.97 Å². The number of esters is 1. The molecule has 0 saturated heterocycles. The second kappa shape index (κ2) is 6.80. The molecule has 1 aromatic heterocycles. The lowest BCUT2D eigenvalue weighted by Gasteiger charge is -2.06. The second-order valence-corrected chi connectivity index (χ2v) is 3.61. The maximum atomic E-state index is 11.2. The molecule has 1 heterocycles. The van der Waals surface area contributed by atoms with E-state index in [1.54, 1.807) is 13.3 Å². The molecule has 0 unspecified atom stereocenters. The summed E-state index contributed by atoms with van der Waals surface area (Å²) in [4.78, 5) is 11.2. The molecule has 6 heteroatoms. The van der Waals surface area contributed by atoms with E-state index in [1.165, 1.54) is 0 Å². The van der Waals surface area contributed by atoms with Gasteiger partial charge >= 0.3 is 5.97 Å². The van der Waals surface area contributed by atoms with Gasteiger partial charge in [0.25, 0.3) is 0 Å². The van der Waals surface area contributed by atoms with Gasteiger partial charge in [0, 0.05) is 32.1 Å². The molecular formula is C11H18N4O2. The highest BCUT2D eigenvalue weighted by molar-refractivity contribution is 5.88. The number of nitrogens with zero attached hydrogens (tertiary/aromatic N) is 3. The molecule has 1 aromatic rings. The molecule has 0 saturated carbocycles. The Morgan fingerprint density at radius 1 is 1.65 bits per heavy atom.